The molecule has 1 heterocycles. The molecule has 0 bridgehead atoms. The van der Waals surface area contributed by atoms with Gasteiger partial charge in [0.15, 0.2) is 0 Å². The number of anilines is 1. The Balaban J connectivity index is 2.27. The lowest BCUT2D eigenvalue weighted by Crippen LogP contribution is -2.16. The molecule has 19 heavy (non-hydrogen) atoms. The highest BCUT2D eigenvalue weighted by molar-refractivity contribution is 6.01. The van der Waals surface area contributed by atoms with Gasteiger partial charge < -0.3 is 5.32 Å². The Morgan fingerprint density at radius 3 is 2.63 bits per heavy atom. The number of halogens is 4. The van der Waals surface area contributed by atoms with E-state index in [4.69, 9.17) is 0 Å². The number of nitrogens with one attached hydrogen (secondary N) is 2. The summed E-state index contributed by atoms with van der Waals surface area (Å²) in [6.45, 7) is 0. The van der Waals surface area contributed by atoms with Crippen LogP contribution in [0.3, 0.4) is 0 Å². The molecule has 2 aromatic rings. The van der Waals surface area contributed by atoms with Crippen molar-refractivity contribution in [3.05, 3.63) is 41.7 Å². The number of nitrogens with zero attached hydrogens (tertiary/aromatic N) is 2. The quantitative estimate of drug-likeness (QED) is 0.825. The molecule has 1 aromatic carbocycles. The molecule has 0 saturated heterocycles. The van der Waals surface area contributed by atoms with Crippen molar-refractivity contribution in [2.75, 3.05) is 5.32 Å². The van der Waals surface area contributed by atoms with Crippen LogP contribution in [0.15, 0.2) is 24.5 Å². The lowest BCUT2D eigenvalue weighted by Gasteiger charge is -2.10. The van der Waals surface area contributed by atoms with E-state index in [1.165, 1.54) is 0 Å². The van der Waals surface area contributed by atoms with Gasteiger partial charge in [-0.05, 0) is 18.2 Å². The molecule has 0 fully saturated rings. The highest BCUT2D eigenvalue weighted by Crippen LogP contribution is 2.31. The van der Waals surface area contributed by atoms with Gasteiger partial charge in [-0.3, -0.25) is 9.89 Å². The van der Waals surface area contributed by atoms with E-state index in [2.05, 4.69) is 15.2 Å². The number of rotatable bonds is 2. The summed E-state index contributed by atoms with van der Waals surface area (Å²) in [5, 5.41) is 7.57. The zero-order chi connectivity index (χ0) is 14.0. The summed E-state index contributed by atoms with van der Waals surface area (Å²) >= 11 is 0. The van der Waals surface area contributed by atoms with Gasteiger partial charge in [-0.25, -0.2) is 9.37 Å². The van der Waals surface area contributed by atoms with Crippen LogP contribution in [0.25, 0.3) is 0 Å². The number of alkyl halides is 3. The van der Waals surface area contributed by atoms with Crippen molar-refractivity contribution in [2.45, 2.75) is 6.18 Å². The Kier molecular flexibility index (Phi) is 3.19. The highest BCUT2D eigenvalue weighted by atomic mass is 19.4. The van der Waals surface area contributed by atoms with Gasteiger partial charge in [-0.1, -0.05) is 0 Å². The molecule has 0 atom stereocenters. The van der Waals surface area contributed by atoms with Crippen LogP contribution in [-0.4, -0.2) is 21.1 Å². The molecule has 1 aromatic heterocycles. The molecule has 0 radical (unpaired) electrons. The van der Waals surface area contributed by atoms with Crippen LogP contribution in [0.2, 0.25) is 0 Å². The molecular formula is C10H6F4N4O. The summed E-state index contributed by atoms with van der Waals surface area (Å²) in [7, 11) is 0. The van der Waals surface area contributed by atoms with E-state index in [1.807, 2.05) is 5.32 Å². The van der Waals surface area contributed by atoms with Gasteiger partial charge in [-0.15, -0.1) is 0 Å². The lowest BCUT2D eigenvalue weighted by atomic mass is 10.2. The van der Waals surface area contributed by atoms with Gasteiger partial charge in [-0.2, -0.15) is 18.3 Å². The standard InChI is InChI=1S/C10H6F4N4O/c11-6-2-1-5(10(12,13)14)3-7(6)17-9(19)8-15-4-16-18-8/h1-4H,(H,17,19)(H,15,16,18). The molecule has 9 heteroatoms. The number of hydrogen-bond acceptors (Lipinski definition) is 3. The zero-order valence-electron chi connectivity index (χ0n) is 9.12. The second-order valence-electron chi connectivity index (χ2n) is 3.48. The fourth-order valence-electron chi connectivity index (χ4n) is 1.29. The topological polar surface area (TPSA) is 70.7 Å². The van der Waals surface area contributed by atoms with Gasteiger partial charge in [0.05, 0.1) is 11.3 Å². The van der Waals surface area contributed by atoms with Crippen molar-refractivity contribution < 1.29 is 22.4 Å². The lowest BCUT2D eigenvalue weighted by molar-refractivity contribution is -0.137. The normalized spacial score (nSPS) is 11.4. The predicted octanol–water partition coefficient (Wildman–Crippen LogP) is 2.21. The molecular weight excluding hydrogens is 268 g/mol. The van der Waals surface area contributed by atoms with E-state index in [0.29, 0.717) is 18.2 Å². The summed E-state index contributed by atoms with van der Waals surface area (Å²) in [5.74, 6) is -2.12. The minimum absolute atomic E-state index is 0.239. The van der Waals surface area contributed by atoms with Crippen LogP contribution in [0.4, 0.5) is 23.2 Å². The largest absolute Gasteiger partial charge is 0.416 e. The molecule has 0 spiro atoms. The van der Waals surface area contributed by atoms with Crippen LogP contribution in [0.5, 0.6) is 0 Å². The SMILES string of the molecule is O=C(Nc1cc(C(F)(F)F)ccc1F)c1ncn[nH]1. The third-order valence-electron chi connectivity index (χ3n) is 2.17. The van der Waals surface area contributed by atoms with E-state index in [0.717, 1.165) is 6.33 Å². The smallest absolute Gasteiger partial charge is 0.317 e. The molecule has 2 N–H and O–H groups in total. The van der Waals surface area contributed by atoms with E-state index in [1.54, 1.807) is 0 Å². The molecule has 0 aliphatic carbocycles. The fourth-order valence-corrected chi connectivity index (χ4v) is 1.29. The van der Waals surface area contributed by atoms with Crippen molar-refractivity contribution in [3.63, 3.8) is 0 Å². The first-order valence-electron chi connectivity index (χ1n) is 4.91. The van der Waals surface area contributed by atoms with Crippen molar-refractivity contribution in [1.29, 1.82) is 0 Å². The third-order valence-corrected chi connectivity index (χ3v) is 2.17. The maximum Gasteiger partial charge on any atom is 0.416 e. The van der Waals surface area contributed by atoms with Crippen molar-refractivity contribution in [2.24, 2.45) is 0 Å². The van der Waals surface area contributed by atoms with E-state index in [9.17, 15) is 22.4 Å². The average molecular weight is 274 g/mol. The molecule has 5 nitrogen and oxygen atoms in total. The number of aromatic nitrogens is 3. The summed E-state index contributed by atoms with van der Waals surface area (Å²) in [5.41, 5.74) is -1.65. The molecule has 0 unspecified atom stereocenters. The van der Waals surface area contributed by atoms with E-state index in [-0.39, 0.29) is 5.82 Å². The molecule has 2 rings (SSSR count). The molecule has 1 amide bonds. The van der Waals surface area contributed by atoms with Gasteiger partial charge in [0.1, 0.15) is 12.1 Å². The number of benzene rings is 1. The van der Waals surface area contributed by atoms with Gasteiger partial charge >= 0.3 is 6.18 Å². The van der Waals surface area contributed by atoms with Crippen LogP contribution in [0, 0.1) is 5.82 Å². The first kappa shape index (κ1) is 13.0. The van der Waals surface area contributed by atoms with Crippen LogP contribution < -0.4 is 5.32 Å². The second-order valence-corrected chi connectivity index (χ2v) is 3.48. The van der Waals surface area contributed by atoms with Crippen LogP contribution >= 0.6 is 0 Å². The van der Waals surface area contributed by atoms with Gasteiger partial charge in [0.2, 0.25) is 5.82 Å². The maximum absolute atomic E-state index is 13.3. The van der Waals surface area contributed by atoms with Crippen LogP contribution in [-0.2, 0) is 6.18 Å². The molecule has 0 aliphatic rings. The summed E-state index contributed by atoms with van der Waals surface area (Å²) in [6, 6.07) is 1.71. The molecule has 0 saturated carbocycles. The molecule has 100 valence electrons. The van der Waals surface area contributed by atoms with Crippen molar-refractivity contribution in [3.8, 4) is 0 Å². The summed E-state index contributed by atoms with van der Waals surface area (Å²) in [4.78, 5) is 15.0. The molecule has 0 aliphatic heterocycles. The minimum Gasteiger partial charge on any atom is -0.317 e. The van der Waals surface area contributed by atoms with Crippen molar-refractivity contribution >= 4 is 11.6 Å². The van der Waals surface area contributed by atoms with E-state index >= 15 is 0 Å². The number of aromatic amines is 1. The minimum atomic E-state index is -4.63. The summed E-state index contributed by atoms with van der Waals surface area (Å²) in [6.07, 6.45) is -3.59. The monoisotopic (exact) mass is 274 g/mol. The number of hydrogen-bond donors (Lipinski definition) is 2. The maximum atomic E-state index is 13.3. The highest BCUT2D eigenvalue weighted by Gasteiger charge is 2.31. The van der Waals surface area contributed by atoms with Gasteiger partial charge in [0.25, 0.3) is 5.91 Å². The number of amides is 1. The number of carbonyl (C=O) groups excluding carboxylic acids is 1. The fraction of sp³-hybridized carbons (Fsp3) is 0.100. The first-order valence-corrected chi connectivity index (χ1v) is 4.91. The van der Waals surface area contributed by atoms with E-state index < -0.39 is 29.2 Å². The number of carbonyl (C=O) groups is 1. The zero-order valence-corrected chi connectivity index (χ0v) is 9.12. The second kappa shape index (κ2) is 4.67. The predicted molar refractivity (Wildman–Crippen MR) is 55.7 cm³/mol. The Morgan fingerprint density at radius 2 is 2.05 bits per heavy atom. The van der Waals surface area contributed by atoms with Gasteiger partial charge in [0, 0.05) is 0 Å². The first-order chi connectivity index (χ1) is 8.88. The van der Waals surface area contributed by atoms with Crippen molar-refractivity contribution in [1.82, 2.24) is 15.2 Å². The Hall–Kier alpha value is -2.45. The number of H-pyrrole nitrogens is 1. The summed E-state index contributed by atoms with van der Waals surface area (Å²) < 4.78 is 50.7. The average Bonchev–Trinajstić information content (AvgIpc) is 2.84. The Morgan fingerprint density at radius 1 is 1.32 bits per heavy atom. The third kappa shape index (κ3) is 2.87. The van der Waals surface area contributed by atoms with Crippen LogP contribution in [0.1, 0.15) is 16.2 Å². The Labute approximate surface area is 103 Å². The Bertz CT molecular complexity index is 594.